The predicted molar refractivity (Wildman–Crippen MR) is 102 cm³/mol. The number of aryl methyl sites for hydroxylation is 1. The van der Waals surface area contributed by atoms with Gasteiger partial charge in [-0.15, -0.1) is 0 Å². The summed E-state index contributed by atoms with van der Waals surface area (Å²) < 4.78 is 5.00. The SMILES string of the molecule is Cc1nc(-c2ccc(N3CCN(C(=O)c4ccc(C#N)cc4)CC3)nc2)no1. The molecule has 0 bridgehead atoms. The van der Waals surface area contributed by atoms with E-state index in [1.54, 1.807) is 37.4 Å². The zero-order valence-corrected chi connectivity index (χ0v) is 15.4. The van der Waals surface area contributed by atoms with Crippen LogP contribution in [-0.4, -0.2) is 52.1 Å². The van der Waals surface area contributed by atoms with Gasteiger partial charge in [0.1, 0.15) is 5.82 Å². The molecular formula is C20H18N6O2. The maximum absolute atomic E-state index is 12.6. The molecule has 0 aliphatic carbocycles. The molecule has 8 nitrogen and oxygen atoms in total. The highest BCUT2D eigenvalue weighted by atomic mass is 16.5. The first kappa shape index (κ1) is 17.7. The zero-order chi connectivity index (χ0) is 19.5. The average molecular weight is 374 g/mol. The number of hydrogen-bond donors (Lipinski definition) is 0. The predicted octanol–water partition coefficient (Wildman–Crippen LogP) is 2.27. The second-order valence-corrected chi connectivity index (χ2v) is 6.51. The topological polar surface area (TPSA) is 99.2 Å². The van der Waals surface area contributed by atoms with Crippen LogP contribution in [0.3, 0.4) is 0 Å². The van der Waals surface area contributed by atoms with Crippen molar-refractivity contribution in [2.45, 2.75) is 6.92 Å². The molecule has 0 atom stereocenters. The highest BCUT2D eigenvalue weighted by molar-refractivity contribution is 5.94. The first-order valence-corrected chi connectivity index (χ1v) is 8.95. The van der Waals surface area contributed by atoms with Gasteiger partial charge in [-0.05, 0) is 36.4 Å². The van der Waals surface area contributed by atoms with Crippen molar-refractivity contribution in [3.63, 3.8) is 0 Å². The lowest BCUT2D eigenvalue weighted by atomic mass is 10.1. The lowest BCUT2D eigenvalue weighted by Gasteiger charge is -2.35. The molecule has 1 aliphatic rings. The fourth-order valence-corrected chi connectivity index (χ4v) is 3.13. The fraction of sp³-hybridized carbons (Fsp3) is 0.250. The Labute approximate surface area is 162 Å². The monoisotopic (exact) mass is 374 g/mol. The number of carbonyl (C=O) groups excluding carboxylic acids is 1. The number of rotatable bonds is 3. The van der Waals surface area contributed by atoms with Crippen LogP contribution >= 0.6 is 0 Å². The second-order valence-electron chi connectivity index (χ2n) is 6.51. The molecule has 0 unspecified atom stereocenters. The van der Waals surface area contributed by atoms with E-state index in [1.165, 1.54) is 0 Å². The summed E-state index contributed by atoms with van der Waals surface area (Å²) in [7, 11) is 0. The summed E-state index contributed by atoms with van der Waals surface area (Å²) in [6.07, 6.45) is 1.73. The van der Waals surface area contributed by atoms with Crippen molar-refractivity contribution in [1.82, 2.24) is 20.0 Å². The van der Waals surface area contributed by atoms with E-state index in [4.69, 9.17) is 9.78 Å². The molecule has 1 aliphatic heterocycles. The van der Waals surface area contributed by atoms with Crippen LogP contribution in [0.2, 0.25) is 0 Å². The molecule has 0 saturated carbocycles. The summed E-state index contributed by atoms with van der Waals surface area (Å²) in [5.41, 5.74) is 1.95. The summed E-state index contributed by atoms with van der Waals surface area (Å²) in [6, 6.07) is 12.6. The summed E-state index contributed by atoms with van der Waals surface area (Å²) >= 11 is 0. The van der Waals surface area contributed by atoms with Crippen molar-refractivity contribution < 1.29 is 9.32 Å². The minimum atomic E-state index is -0.0140. The Bertz CT molecular complexity index is 1010. The quantitative estimate of drug-likeness (QED) is 0.693. The molecule has 0 N–H and O–H groups in total. The Morgan fingerprint density at radius 3 is 2.43 bits per heavy atom. The van der Waals surface area contributed by atoms with E-state index in [2.05, 4.69) is 26.1 Å². The normalized spacial score (nSPS) is 14.0. The zero-order valence-electron chi connectivity index (χ0n) is 15.4. The number of anilines is 1. The van der Waals surface area contributed by atoms with Gasteiger partial charge in [-0.25, -0.2) is 4.98 Å². The number of benzene rings is 1. The number of amides is 1. The van der Waals surface area contributed by atoms with E-state index < -0.39 is 0 Å². The Kier molecular flexibility index (Phi) is 4.72. The van der Waals surface area contributed by atoms with Crippen molar-refractivity contribution in [2.24, 2.45) is 0 Å². The molecule has 0 spiro atoms. The molecule has 140 valence electrons. The molecule has 1 saturated heterocycles. The maximum Gasteiger partial charge on any atom is 0.253 e. The molecule has 3 aromatic rings. The minimum Gasteiger partial charge on any atom is -0.353 e. The van der Waals surface area contributed by atoms with Crippen LogP contribution in [0.4, 0.5) is 5.82 Å². The van der Waals surface area contributed by atoms with Crippen molar-refractivity contribution in [3.05, 3.63) is 59.6 Å². The molecule has 0 radical (unpaired) electrons. The number of carbonyl (C=O) groups is 1. The highest BCUT2D eigenvalue weighted by Crippen LogP contribution is 2.20. The van der Waals surface area contributed by atoms with Crippen molar-refractivity contribution in [1.29, 1.82) is 5.26 Å². The summed E-state index contributed by atoms with van der Waals surface area (Å²) in [4.78, 5) is 25.3. The van der Waals surface area contributed by atoms with Crippen LogP contribution in [-0.2, 0) is 0 Å². The van der Waals surface area contributed by atoms with Crippen molar-refractivity contribution in [3.8, 4) is 17.5 Å². The van der Waals surface area contributed by atoms with E-state index in [0.29, 0.717) is 49.0 Å². The third-order valence-corrected chi connectivity index (χ3v) is 4.69. The lowest BCUT2D eigenvalue weighted by molar-refractivity contribution is 0.0746. The first-order chi connectivity index (χ1) is 13.6. The Balaban J connectivity index is 1.38. The third-order valence-electron chi connectivity index (χ3n) is 4.69. The standard InChI is InChI=1S/C20H18N6O2/c1-14-23-19(24-28-14)17-6-7-18(22-13-17)25-8-10-26(11-9-25)20(27)16-4-2-15(12-21)3-5-16/h2-7,13H,8-11H2,1H3. The molecule has 28 heavy (non-hydrogen) atoms. The largest absolute Gasteiger partial charge is 0.353 e. The number of nitriles is 1. The maximum atomic E-state index is 12.6. The summed E-state index contributed by atoms with van der Waals surface area (Å²) in [5.74, 6) is 1.88. The van der Waals surface area contributed by atoms with Crippen LogP contribution in [0.5, 0.6) is 0 Å². The summed E-state index contributed by atoms with van der Waals surface area (Å²) in [5, 5.41) is 12.8. The van der Waals surface area contributed by atoms with Gasteiger partial charge in [-0.1, -0.05) is 5.16 Å². The van der Waals surface area contributed by atoms with Gasteiger partial charge in [0.05, 0.1) is 11.6 Å². The van der Waals surface area contributed by atoms with Gasteiger partial charge in [0, 0.05) is 50.4 Å². The lowest BCUT2D eigenvalue weighted by Crippen LogP contribution is -2.49. The fourth-order valence-electron chi connectivity index (χ4n) is 3.13. The van der Waals surface area contributed by atoms with Crippen LogP contribution < -0.4 is 4.90 Å². The molecule has 2 aromatic heterocycles. The van der Waals surface area contributed by atoms with E-state index in [-0.39, 0.29) is 5.91 Å². The van der Waals surface area contributed by atoms with E-state index in [9.17, 15) is 4.79 Å². The van der Waals surface area contributed by atoms with Gasteiger partial charge in [0.15, 0.2) is 0 Å². The van der Waals surface area contributed by atoms with Gasteiger partial charge < -0.3 is 14.3 Å². The second kappa shape index (κ2) is 7.48. The van der Waals surface area contributed by atoms with Gasteiger partial charge in [-0.3, -0.25) is 4.79 Å². The van der Waals surface area contributed by atoms with Gasteiger partial charge in [0.25, 0.3) is 5.91 Å². The minimum absolute atomic E-state index is 0.0140. The summed E-state index contributed by atoms with van der Waals surface area (Å²) in [6.45, 7) is 4.39. The molecule has 1 amide bonds. The molecule has 3 heterocycles. The molecular weight excluding hydrogens is 356 g/mol. The van der Waals surface area contributed by atoms with E-state index in [1.807, 2.05) is 17.0 Å². The van der Waals surface area contributed by atoms with Crippen molar-refractivity contribution >= 4 is 11.7 Å². The van der Waals surface area contributed by atoms with Gasteiger partial charge in [-0.2, -0.15) is 10.2 Å². The average Bonchev–Trinajstić information content (AvgIpc) is 3.20. The number of nitrogens with zero attached hydrogens (tertiary/aromatic N) is 6. The number of piperazine rings is 1. The Hall–Kier alpha value is -3.73. The van der Waals surface area contributed by atoms with E-state index >= 15 is 0 Å². The highest BCUT2D eigenvalue weighted by Gasteiger charge is 2.23. The van der Waals surface area contributed by atoms with Gasteiger partial charge in [0.2, 0.25) is 11.7 Å². The van der Waals surface area contributed by atoms with E-state index in [0.717, 1.165) is 11.4 Å². The number of aromatic nitrogens is 3. The molecule has 1 fully saturated rings. The number of hydrogen-bond acceptors (Lipinski definition) is 7. The Morgan fingerprint density at radius 1 is 1.11 bits per heavy atom. The first-order valence-electron chi connectivity index (χ1n) is 8.95. The van der Waals surface area contributed by atoms with Crippen LogP contribution in [0.1, 0.15) is 21.8 Å². The van der Waals surface area contributed by atoms with Crippen molar-refractivity contribution in [2.75, 3.05) is 31.1 Å². The van der Waals surface area contributed by atoms with Crippen LogP contribution in [0.15, 0.2) is 47.1 Å². The smallest absolute Gasteiger partial charge is 0.253 e. The number of pyridine rings is 1. The molecule has 4 rings (SSSR count). The Morgan fingerprint density at radius 2 is 1.86 bits per heavy atom. The van der Waals surface area contributed by atoms with Gasteiger partial charge >= 0.3 is 0 Å². The molecule has 8 heteroatoms. The third kappa shape index (κ3) is 3.55. The van der Waals surface area contributed by atoms with Crippen LogP contribution in [0.25, 0.3) is 11.4 Å². The van der Waals surface area contributed by atoms with Crippen LogP contribution in [0, 0.1) is 18.3 Å². The molecule has 1 aromatic carbocycles.